The van der Waals surface area contributed by atoms with Gasteiger partial charge in [-0.2, -0.15) is 0 Å². The maximum absolute atomic E-state index is 5.71. The highest BCUT2D eigenvalue weighted by molar-refractivity contribution is 5.31. The van der Waals surface area contributed by atoms with E-state index in [0.717, 1.165) is 24.3 Å². The fourth-order valence-electron chi connectivity index (χ4n) is 1.39. The zero-order valence-electron chi connectivity index (χ0n) is 9.77. The van der Waals surface area contributed by atoms with E-state index < -0.39 is 0 Å². The Morgan fingerprint density at radius 3 is 2.75 bits per heavy atom. The smallest absolute Gasteiger partial charge is 0.217 e. The molecule has 4 heteroatoms. The zero-order valence-corrected chi connectivity index (χ0v) is 9.77. The molecule has 1 heterocycles. The van der Waals surface area contributed by atoms with E-state index in [4.69, 9.17) is 15.2 Å². The highest BCUT2D eigenvalue weighted by Crippen LogP contribution is 2.29. The minimum atomic E-state index is 0.106. The molecular weight excluding hydrogens is 204 g/mol. The van der Waals surface area contributed by atoms with Crippen molar-refractivity contribution in [3.63, 3.8) is 0 Å². The van der Waals surface area contributed by atoms with Crippen LogP contribution >= 0.6 is 0 Å². The Balaban J connectivity index is 2.15. The van der Waals surface area contributed by atoms with Gasteiger partial charge in [-0.05, 0) is 26.7 Å². The van der Waals surface area contributed by atoms with E-state index >= 15 is 0 Å². The molecule has 1 aliphatic rings. The van der Waals surface area contributed by atoms with Crippen molar-refractivity contribution < 1.29 is 9.47 Å². The van der Waals surface area contributed by atoms with Crippen molar-refractivity contribution in [1.29, 1.82) is 0 Å². The van der Waals surface area contributed by atoms with Gasteiger partial charge in [-0.15, -0.1) is 0 Å². The predicted molar refractivity (Wildman–Crippen MR) is 61.5 cm³/mol. The lowest BCUT2D eigenvalue weighted by molar-refractivity contribution is 0.229. The van der Waals surface area contributed by atoms with Crippen LogP contribution < -0.4 is 15.2 Å². The summed E-state index contributed by atoms with van der Waals surface area (Å²) < 4.78 is 11.3. The standard InChI is InChI=1S/C12H18N2O2/c1-8(2)15-12-6-11(16-10-3-4-10)5-9(7-13)14-12/h5-6,8,10H,3-4,7,13H2,1-2H3. The van der Waals surface area contributed by atoms with Crippen molar-refractivity contribution in [3.8, 4) is 11.6 Å². The van der Waals surface area contributed by atoms with Crippen molar-refractivity contribution in [2.75, 3.05) is 0 Å². The van der Waals surface area contributed by atoms with E-state index in [1.165, 1.54) is 0 Å². The lowest BCUT2D eigenvalue weighted by atomic mass is 10.3. The number of nitrogens with zero attached hydrogens (tertiary/aromatic N) is 1. The third-order valence-electron chi connectivity index (χ3n) is 2.22. The summed E-state index contributed by atoms with van der Waals surface area (Å²) in [5.41, 5.74) is 6.39. The first-order valence-corrected chi connectivity index (χ1v) is 5.71. The van der Waals surface area contributed by atoms with Gasteiger partial charge in [-0.1, -0.05) is 0 Å². The molecular formula is C12H18N2O2. The SMILES string of the molecule is CC(C)Oc1cc(OC2CC2)cc(CN)n1. The highest BCUT2D eigenvalue weighted by Gasteiger charge is 2.24. The van der Waals surface area contributed by atoms with Crippen LogP contribution in [-0.4, -0.2) is 17.2 Å². The normalized spacial score (nSPS) is 15.2. The molecule has 1 aliphatic carbocycles. The molecule has 4 nitrogen and oxygen atoms in total. The molecule has 1 fully saturated rings. The van der Waals surface area contributed by atoms with Crippen molar-refractivity contribution in [1.82, 2.24) is 4.98 Å². The second-order valence-corrected chi connectivity index (χ2v) is 4.32. The second kappa shape index (κ2) is 4.70. The summed E-state index contributed by atoms with van der Waals surface area (Å²) in [6, 6.07) is 3.71. The van der Waals surface area contributed by atoms with Gasteiger partial charge in [-0.3, -0.25) is 0 Å². The Bertz CT molecular complexity index is 340. The van der Waals surface area contributed by atoms with Gasteiger partial charge in [0, 0.05) is 18.7 Å². The van der Waals surface area contributed by atoms with Gasteiger partial charge in [-0.25, -0.2) is 4.98 Å². The molecule has 0 unspecified atom stereocenters. The molecule has 2 rings (SSSR count). The van der Waals surface area contributed by atoms with Crippen molar-refractivity contribution in [3.05, 3.63) is 17.8 Å². The predicted octanol–water partition coefficient (Wildman–Crippen LogP) is 1.87. The number of pyridine rings is 1. The van der Waals surface area contributed by atoms with Gasteiger partial charge in [0.1, 0.15) is 5.75 Å². The number of hydrogen-bond donors (Lipinski definition) is 1. The van der Waals surface area contributed by atoms with E-state index in [1.807, 2.05) is 26.0 Å². The first-order chi connectivity index (χ1) is 7.67. The fourth-order valence-corrected chi connectivity index (χ4v) is 1.39. The summed E-state index contributed by atoms with van der Waals surface area (Å²) in [7, 11) is 0. The lowest BCUT2D eigenvalue weighted by Gasteiger charge is -2.12. The van der Waals surface area contributed by atoms with Gasteiger partial charge in [0.15, 0.2) is 0 Å². The Morgan fingerprint density at radius 1 is 1.44 bits per heavy atom. The summed E-state index contributed by atoms with van der Waals surface area (Å²) in [6.07, 6.45) is 2.76. The number of nitrogens with two attached hydrogens (primary N) is 1. The van der Waals surface area contributed by atoms with Gasteiger partial charge in [0.05, 0.1) is 17.9 Å². The molecule has 0 spiro atoms. The molecule has 16 heavy (non-hydrogen) atoms. The molecule has 1 saturated carbocycles. The van der Waals surface area contributed by atoms with Crippen LogP contribution in [0.3, 0.4) is 0 Å². The largest absolute Gasteiger partial charge is 0.490 e. The quantitative estimate of drug-likeness (QED) is 0.826. The van der Waals surface area contributed by atoms with E-state index in [2.05, 4.69) is 4.98 Å². The van der Waals surface area contributed by atoms with Crippen LogP contribution in [0.2, 0.25) is 0 Å². The van der Waals surface area contributed by atoms with Gasteiger partial charge < -0.3 is 15.2 Å². The second-order valence-electron chi connectivity index (χ2n) is 4.32. The highest BCUT2D eigenvalue weighted by atomic mass is 16.5. The van der Waals surface area contributed by atoms with E-state index in [0.29, 0.717) is 18.5 Å². The molecule has 1 aromatic heterocycles. The van der Waals surface area contributed by atoms with Gasteiger partial charge >= 0.3 is 0 Å². The monoisotopic (exact) mass is 222 g/mol. The molecule has 0 amide bonds. The summed E-state index contributed by atoms with van der Waals surface area (Å²) in [6.45, 7) is 4.34. The fraction of sp³-hybridized carbons (Fsp3) is 0.583. The van der Waals surface area contributed by atoms with Crippen LogP contribution in [0.25, 0.3) is 0 Å². The van der Waals surface area contributed by atoms with Crippen LogP contribution in [0, 0.1) is 0 Å². The van der Waals surface area contributed by atoms with Crippen LogP contribution in [0.1, 0.15) is 32.4 Å². The molecule has 0 aliphatic heterocycles. The van der Waals surface area contributed by atoms with Gasteiger partial charge in [0.2, 0.25) is 5.88 Å². The van der Waals surface area contributed by atoms with Crippen LogP contribution in [0.15, 0.2) is 12.1 Å². The maximum Gasteiger partial charge on any atom is 0.217 e. The first kappa shape index (κ1) is 11.2. The zero-order chi connectivity index (χ0) is 11.5. The molecule has 0 bridgehead atoms. The Morgan fingerprint density at radius 2 is 2.19 bits per heavy atom. The Labute approximate surface area is 95.8 Å². The van der Waals surface area contributed by atoms with E-state index in [-0.39, 0.29) is 6.10 Å². The number of rotatable bonds is 5. The molecule has 0 saturated heterocycles. The van der Waals surface area contributed by atoms with E-state index in [1.54, 1.807) is 0 Å². The average molecular weight is 222 g/mol. The maximum atomic E-state index is 5.71. The van der Waals surface area contributed by atoms with Crippen LogP contribution in [0.4, 0.5) is 0 Å². The Hall–Kier alpha value is -1.29. The van der Waals surface area contributed by atoms with Crippen LogP contribution in [0.5, 0.6) is 11.6 Å². The third kappa shape index (κ3) is 3.10. The molecule has 0 atom stereocenters. The van der Waals surface area contributed by atoms with Crippen molar-refractivity contribution >= 4 is 0 Å². The molecule has 88 valence electrons. The van der Waals surface area contributed by atoms with Crippen molar-refractivity contribution in [2.24, 2.45) is 5.73 Å². The summed E-state index contributed by atoms with van der Waals surface area (Å²) in [5.74, 6) is 1.40. The number of ether oxygens (including phenoxy) is 2. The molecule has 0 aromatic carbocycles. The summed E-state index contributed by atoms with van der Waals surface area (Å²) in [4.78, 5) is 4.29. The number of aromatic nitrogens is 1. The third-order valence-corrected chi connectivity index (χ3v) is 2.22. The average Bonchev–Trinajstić information content (AvgIpc) is 3.00. The number of hydrogen-bond acceptors (Lipinski definition) is 4. The van der Waals surface area contributed by atoms with E-state index in [9.17, 15) is 0 Å². The molecule has 0 radical (unpaired) electrons. The minimum absolute atomic E-state index is 0.106. The summed E-state index contributed by atoms with van der Waals surface area (Å²) in [5, 5.41) is 0. The first-order valence-electron chi connectivity index (χ1n) is 5.71. The minimum Gasteiger partial charge on any atom is -0.490 e. The van der Waals surface area contributed by atoms with Crippen molar-refractivity contribution in [2.45, 2.75) is 45.4 Å². The molecule has 2 N–H and O–H groups in total. The van der Waals surface area contributed by atoms with Crippen LogP contribution in [-0.2, 0) is 6.54 Å². The van der Waals surface area contributed by atoms with Gasteiger partial charge in [0.25, 0.3) is 0 Å². The molecule has 1 aromatic rings. The Kier molecular flexibility index (Phi) is 3.29. The topological polar surface area (TPSA) is 57.4 Å². The summed E-state index contributed by atoms with van der Waals surface area (Å²) >= 11 is 0. The lowest BCUT2D eigenvalue weighted by Crippen LogP contribution is -2.09.